The zero-order valence-electron chi connectivity index (χ0n) is 13.1. The Kier molecular flexibility index (Phi) is 4.43. The second-order valence-corrected chi connectivity index (χ2v) is 6.10. The summed E-state index contributed by atoms with van der Waals surface area (Å²) in [6.07, 6.45) is 2.04. The molecule has 1 aliphatic rings. The molecular weight excluding hydrogens is 295 g/mol. The Morgan fingerprint density at radius 2 is 2.26 bits per heavy atom. The maximum absolute atomic E-state index is 14.0. The van der Waals surface area contributed by atoms with Crippen LogP contribution >= 0.6 is 0 Å². The van der Waals surface area contributed by atoms with Gasteiger partial charge in [-0.25, -0.2) is 4.39 Å². The third-order valence-corrected chi connectivity index (χ3v) is 4.65. The monoisotopic (exact) mass is 316 g/mol. The van der Waals surface area contributed by atoms with E-state index in [1.807, 2.05) is 19.1 Å². The van der Waals surface area contributed by atoms with Crippen LogP contribution in [0.3, 0.4) is 0 Å². The number of likely N-dealkylation sites (tertiary alicyclic amines) is 1. The number of halogens is 1. The molecule has 2 heterocycles. The number of carbonyl (C=O) groups excluding carboxylic acids is 1. The lowest BCUT2D eigenvalue weighted by Crippen LogP contribution is -2.36. The number of piperidine rings is 1. The van der Waals surface area contributed by atoms with Gasteiger partial charge in [0, 0.05) is 29.8 Å². The quantitative estimate of drug-likeness (QED) is 0.910. The number of hydrogen-bond acceptors (Lipinski definition) is 3. The molecule has 0 saturated carbocycles. The van der Waals surface area contributed by atoms with E-state index in [9.17, 15) is 9.18 Å². The lowest BCUT2D eigenvalue weighted by molar-refractivity contribution is 0.0995. The predicted molar refractivity (Wildman–Crippen MR) is 85.5 cm³/mol. The molecule has 2 aromatic rings. The van der Waals surface area contributed by atoms with E-state index in [4.69, 9.17) is 5.73 Å². The summed E-state index contributed by atoms with van der Waals surface area (Å²) in [7, 11) is 0. The van der Waals surface area contributed by atoms with Crippen molar-refractivity contribution in [1.82, 2.24) is 15.1 Å². The Morgan fingerprint density at radius 1 is 1.48 bits per heavy atom. The van der Waals surface area contributed by atoms with E-state index in [2.05, 4.69) is 15.1 Å². The number of rotatable bonds is 4. The van der Waals surface area contributed by atoms with E-state index >= 15 is 0 Å². The minimum absolute atomic E-state index is 0.0116. The van der Waals surface area contributed by atoms with Crippen molar-refractivity contribution in [2.45, 2.75) is 31.7 Å². The van der Waals surface area contributed by atoms with Crippen LogP contribution in [0.2, 0.25) is 0 Å². The molecule has 0 unspecified atom stereocenters. The second-order valence-electron chi connectivity index (χ2n) is 6.10. The molecule has 0 spiro atoms. The molecule has 1 aromatic heterocycles. The number of aromatic amines is 1. The van der Waals surface area contributed by atoms with Crippen LogP contribution in [0.1, 0.15) is 53.5 Å². The number of nitrogens with two attached hydrogens (primary N) is 1. The molecule has 1 aromatic carbocycles. The highest BCUT2D eigenvalue weighted by Crippen LogP contribution is 2.32. The zero-order valence-corrected chi connectivity index (χ0v) is 13.1. The van der Waals surface area contributed by atoms with E-state index in [-0.39, 0.29) is 23.5 Å². The van der Waals surface area contributed by atoms with Crippen LogP contribution in [0.15, 0.2) is 30.3 Å². The third-order valence-electron chi connectivity index (χ3n) is 4.65. The third kappa shape index (κ3) is 3.27. The van der Waals surface area contributed by atoms with Gasteiger partial charge in [0.1, 0.15) is 11.5 Å². The SMILES string of the molecule is C[C@H](c1ccccc1F)N1CCC[C@H](c2cc(C(N)=O)n[nH]2)C1. The van der Waals surface area contributed by atoms with Gasteiger partial charge in [-0.2, -0.15) is 5.10 Å². The summed E-state index contributed by atoms with van der Waals surface area (Å²) in [6, 6.07) is 8.65. The smallest absolute Gasteiger partial charge is 0.269 e. The highest BCUT2D eigenvalue weighted by Gasteiger charge is 2.27. The molecule has 0 radical (unpaired) electrons. The number of benzene rings is 1. The summed E-state index contributed by atoms with van der Waals surface area (Å²) >= 11 is 0. The molecule has 3 N–H and O–H groups in total. The molecule has 3 rings (SSSR count). The first-order chi connectivity index (χ1) is 11.1. The van der Waals surface area contributed by atoms with Crippen LogP contribution < -0.4 is 5.73 Å². The van der Waals surface area contributed by atoms with Crippen LogP contribution in [-0.4, -0.2) is 34.1 Å². The lowest BCUT2D eigenvalue weighted by atomic mass is 9.92. The van der Waals surface area contributed by atoms with Gasteiger partial charge in [-0.3, -0.25) is 14.8 Å². The van der Waals surface area contributed by atoms with Crippen molar-refractivity contribution in [2.75, 3.05) is 13.1 Å². The van der Waals surface area contributed by atoms with Crippen LogP contribution in [0, 0.1) is 5.82 Å². The van der Waals surface area contributed by atoms with E-state index in [1.165, 1.54) is 6.07 Å². The molecular formula is C17H21FN4O. The standard InChI is InChI=1S/C17H21FN4O/c1-11(13-6-2-3-7-14(13)18)22-8-4-5-12(10-22)15-9-16(17(19)23)21-20-15/h2-3,6-7,9,11-12H,4-5,8,10H2,1H3,(H2,19,23)(H,20,21)/t11-,12+/m1/s1. The average Bonchev–Trinajstić information content (AvgIpc) is 3.05. The Labute approximate surface area is 134 Å². The summed E-state index contributed by atoms with van der Waals surface area (Å²) in [5.74, 6) is -0.446. The minimum Gasteiger partial charge on any atom is -0.364 e. The van der Waals surface area contributed by atoms with Gasteiger partial charge in [0.15, 0.2) is 0 Å². The molecule has 1 aliphatic heterocycles. The first-order valence-corrected chi connectivity index (χ1v) is 7.90. The van der Waals surface area contributed by atoms with Gasteiger partial charge >= 0.3 is 0 Å². The Hall–Kier alpha value is -2.21. The zero-order chi connectivity index (χ0) is 16.4. The van der Waals surface area contributed by atoms with Crippen molar-refractivity contribution in [3.63, 3.8) is 0 Å². The van der Waals surface area contributed by atoms with E-state index in [0.717, 1.165) is 37.2 Å². The van der Waals surface area contributed by atoms with Crippen LogP contribution in [0.4, 0.5) is 4.39 Å². The number of nitrogens with zero attached hydrogens (tertiary/aromatic N) is 2. The van der Waals surface area contributed by atoms with Gasteiger partial charge in [-0.05, 0) is 38.4 Å². The Balaban J connectivity index is 1.75. The minimum atomic E-state index is -0.528. The topological polar surface area (TPSA) is 75.0 Å². The first-order valence-electron chi connectivity index (χ1n) is 7.90. The molecule has 1 saturated heterocycles. The molecule has 122 valence electrons. The second kappa shape index (κ2) is 6.50. The summed E-state index contributed by atoms with van der Waals surface area (Å²) in [6.45, 7) is 3.77. The van der Waals surface area contributed by atoms with Crippen molar-refractivity contribution in [3.05, 3.63) is 53.1 Å². The number of hydrogen-bond donors (Lipinski definition) is 2. The Morgan fingerprint density at radius 3 is 2.96 bits per heavy atom. The summed E-state index contributed by atoms with van der Waals surface area (Å²) in [5, 5.41) is 6.87. The van der Waals surface area contributed by atoms with Crippen molar-refractivity contribution in [2.24, 2.45) is 5.73 Å². The molecule has 1 fully saturated rings. The highest BCUT2D eigenvalue weighted by atomic mass is 19.1. The largest absolute Gasteiger partial charge is 0.364 e. The van der Waals surface area contributed by atoms with Crippen molar-refractivity contribution < 1.29 is 9.18 Å². The molecule has 1 amide bonds. The van der Waals surface area contributed by atoms with Gasteiger partial charge in [-0.1, -0.05) is 18.2 Å². The molecule has 5 nitrogen and oxygen atoms in total. The molecule has 0 bridgehead atoms. The molecule has 0 aliphatic carbocycles. The van der Waals surface area contributed by atoms with Gasteiger partial charge < -0.3 is 5.73 Å². The molecule has 23 heavy (non-hydrogen) atoms. The van der Waals surface area contributed by atoms with Crippen molar-refractivity contribution >= 4 is 5.91 Å². The fraction of sp³-hybridized carbons (Fsp3) is 0.412. The molecule has 2 atom stereocenters. The summed E-state index contributed by atoms with van der Waals surface area (Å²) in [4.78, 5) is 13.5. The fourth-order valence-corrected chi connectivity index (χ4v) is 3.29. The number of nitrogens with one attached hydrogen (secondary N) is 1. The Bertz CT molecular complexity index is 699. The van der Waals surface area contributed by atoms with Crippen molar-refractivity contribution in [3.8, 4) is 0 Å². The maximum Gasteiger partial charge on any atom is 0.269 e. The van der Waals surface area contributed by atoms with Gasteiger partial charge in [-0.15, -0.1) is 0 Å². The highest BCUT2D eigenvalue weighted by molar-refractivity contribution is 5.90. The summed E-state index contributed by atoms with van der Waals surface area (Å²) in [5.41, 5.74) is 7.15. The van der Waals surface area contributed by atoms with E-state index in [1.54, 1.807) is 12.1 Å². The van der Waals surface area contributed by atoms with Gasteiger partial charge in [0.2, 0.25) is 0 Å². The van der Waals surface area contributed by atoms with E-state index < -0.39 is 5.91 Å². The van der Waals surface area contributed by atoms with Crippen LogP contribution in [0.25, 0.3) is 0 Å². The lowest BCUT2D eigenvalue weighted by Gasteiger charge is -2.36. The molecule has 6 heteroatoms. The predicted octanol–water partition coefficient (Wildman–Crippen LogP) is 2.59. The number of H-pyrrole nitrogens is 1. The number of amides is 1. The van der Waals surface area contributed by atoms with Crippen molar-refractivity contribution in [1.29, 1.82) is 0 Å². The van der Waals surface area contributed by atoms with Gasteiger partial charge in [0.05, 0.1) is 0 Å². The summed E-state index contributed by atoms with van der Waals surface area (Å²) < 4.78 is 14.0. The maximum atomic E-state index is 14.0. The normalized spacial score (nSPS) is 20.3. The first kappa shape index (κ1) is 15.7. The number of primary amides is 1. The average molecular weight is 316 g/mol. The van der Waals surface area contributed by atoms with Gasteiger partial charge in [0.25, 0.3) is 5.91 Å². The number of aromatic nitrogens is 2. The van der Waals surface area contributed by atoms with Crippen LogP contribution in [-0.2, 0) is 0 Å². The number of carbonyl (C=O) groups is 1. The van der Waals surface area contributed by atoms with E-state index in [0.29, 0.717) is 0 Å². The fourth-order valence-electron chi connectivity index (χ4n) is 3.29. The van der Waals surface area contributed by atoms with Crippen LogP contribution in [0.5, 0.6) is 0 Å².